The van der Waals surface area contributed by atoms with Gasteiger partial charge in [0.05, 0.1) is 16.9 Å². The number of carbonyl (C=O) groups is 2. The molecule has 0 unspecified atom stereocenters. The van der Waals surface area contributed by atoms with Crippen molar-refractivity contribution >= 4 is 21.9 Å². The summed E-state index contributed by atoms with van der Waals surface area (Å²) in [7, 11) is -3.43. The molecule has 0 bridgehead atoms. The second kappa shape index (κ2) is 15.7. The summed E-state index contributed by atoms with van der Waals surface area (Å²) in [6.07, 6.45) is 5.14. The van der Waals surface area contributed by atoms with Crippen LogP contribution in [-0.4, -0.2) is 51.4 Å². The predicted octanol–water partition coefficient (Wildman–Crippen LogP) is 5.02. The van der Waals surface area contributed by atoms with E-state index >= 15 is 0 Å². The Labute approximate surface area is 269 Å². The Morgan fingerprint density at radius 1 is 0.745 bits per heavy atom. The number of aromatic nitrogens is 4. The van der Waals surface area contributed by atoms with Gasteiger partial charge in [0.1, 0.15) is 11.6 Å². The van der Waals surface area contributed by atoms with Gasteiger partial charge in [-0.15, -0.1) is 0 Å². The Kier molecular flexibility index (Phi) is 11.5. The smallest absolute Gasteiger partial charge is 0.338 e. The van der Waals surface area contributed by atoms with Crippen molar-refractivity contribution in [2.75, 3.05) is 0 Å². The minimum absolute atomic E-state index is 0.000142. The fraction of sp³-hybridized carbons (Fsp3) is 0.152. The number of rotatable bonds is 10. The molecule has 3 aromatic carbocycles. The molecule has 0 fully saturated rings. The van der Waals surface area contributed by atoms with Crippen LogP contribution in [-0.2, 0) is 22.3 Å². The third kappa shape index (κ3) is 10.5. The normalized spacial score (nSPS) is 11.0. The molecule has 0 saturated carbocycles. The molecule has 5 rings (SSSR count). The molecule has 2 aromatic heterocycles. The van der Waals surface area contributed by atoms with Gasteiger partial charge in [0, 0.05) is 48.5 Å². The summed E-state index contributed by atoms with van der Waals surface area (Å²) in [5.41, 5.74) is 2.69. The van der Waals surface area contributed by atoms with Gasteiger partial charge in [0.25, 0.3) is 5.91 Å². The number of nitrogens with one attached hydrogen (secondary N) is 2. The topological polar surface area (TPSA) is 164 Å². The van der Waals surface area contributed by atoms with Crippen LogP contribution in [0.5, 0.6) is 0 Å². The fourth-order valence-electron chi connectivity index (χ4n) is 4.17. The molecule has 242 valence electrons. The van der Waals surface area contributed by atoms with Crippen molar-refractivity contribution in [3.05, 3.63) is 131 Å². The molecule has 0 atom stereocenters. The highest BCUT2D eigenvalue weighted by Crippen LogP contribution is 2.17. The van der Waals surface area contributed by atoms with Gasteiger partial charge in [-0.3, -0.25) is 4.79 Å². The van der Waals surface area contributed by atoms with Crippen molar-refractivity contribution in [2.45, 2.75) is 32.2 Å². The van der Waals surface area contributed by atoms with Crippen LogP contribution in [0.3, 0.4) is 0 Å². The number of sulfonamides is 1. The van der Waals surface area contributed by atoms with E-state index in [4.69, 9.17) is 5.11 Å². The molecule has 0 aliphatic heterocycles. The Balaban J connectivity index is 0.000000261. The number of carbonyl (C=O) groups excluding carboxylic acids is 1. The Morgan fingerprint density at radius 3 is 1.72 bits per heavy atom. The monoisotopic (exact) mass is 660 g/mol. The molecule has 3 N–H and O–H groups in total. The van der Waals surface area contributed by atoms with Gasteiger partial charge in [-0.05, 0) is 49.2 Å². The van der Waals surface area contributed by atoms with E-state index in [9.17, 15) is 26.8 Å². The maximum Gasteiger partial charge on any atom is 0.338 e. The maximum absolute atomic E-state index is 13.3. The number of nitrogens with zero attached hydrogens (tertiary/aromatic N) is 4. The van der Waals surface area contributed by atoms with Gasteiger partial charge in [0.2, 0.25) is 10.0 Å². The molecular weight excluding hydrogens is 630 g/mol. The summed E-state index contributed by atoms with van der Waals surface area (Å²) in [5, 5.41) is 11.4. The Bertz CT molecular complexity index is 1960. The number of carboxylic acid groups (broad SMARTS) is 1. The molecule has 5 aromatic rings. The first-order valence-electron chi connectivity index (χ1n) is 14.1. The van der Waals surface area contributed by atoms with Gasteiger partial charge in [0.15, 0.2) is 11.6 Å². The van der Waals surface area contributed by atoms with Gasteiger partial charge in [-0.25, -0.2) is 46.7 Å². The van der Waals surface area contributed by atoms with E-state index in [1.54, 1.807) is 62.4 Å². The second-order valence-electron chi connectivity index (χ2n) is 10.5. The average molecular weight is 661 g/mol. The van der Waals surface area contributed by atoms with Crippen LogP contribution in [0, 0.1) is 11.6 Å². The maximum atomic E-state index is 13.3. The van der Waals surface area contributed by atoms with Crippen LogP contribution in [0.4, 0.5) is 8.78 Å². The Morgan fingerprint density at radius 2 is 1.23 bits per heavy atom. The number of hydrogen-bond donors (Lipinski definition) is 3. The first-order chi connectivity index (χ1) is 22.4. The van der Waals surface area contributed by atoms with E-state index in [1.807, 2.05) is 0 Å². The summed E-state index contributed by atoms with van der Waals surface area (Å²) in [6.45, 7) is 3.74. The van der Waals surface area contributed by atoms with Crippen molar-refractivity contribution in [1.82, 2.24) is 30.0 Å². The van der Waals surface area contributed by atoms with E-state index in [-0.39, 0.29) is 41.2 Å². The summed E-state index contributed by atoms with van der Waals surface area (Å²) in [4.78, 5) is 38.9. The zero-order chi connectivity index (χ0) is 34.0. The lowest BCUT2D eigenvalue weighted by Gasteiger charge is -2.11. The van der Waals surface area contributed by atoms with E-state index in [0.29, 0.717) is 28.3 Å². The number of halogens is 2. The van der Waals surface area contributed by atoms with Gasteiger partial charge in [-0.2, -0.15) is 0 Å². The van der Waals surface area contributed by atoms with E-state index in [2.05, 4.69) is 30.0 Å². The number of amides is 1. The lowest BCUT2D eigenvalue weighted by atomic mass is 10.1. The molecule has 1 amide bonds. The summed E-state index contributed by atoms with van der Waals surface area (Å²) < 4.78 is 53.0. The first-order valence-corrected chi connectivity index (χ1v) is 15.8. The van der Waals surface area contributed by atoms with Crippen molar-refractivity contribution in [2.24, 2.45) is 0 Å². The van der Waals surface area contributed by atoms with E-state index in [0.717, 1.165) is 5.56 Å². The molecule has 2 heterocycles. The van der Waals surface area contributed by atoms with Crippen LogP contribution >= 0.6 is 0 Å². The van der Waals surface area contributed by atoms with E-state index < -0.39 is 21.8 Å². The minimum Gasteiger partial charge on any atom is -0.478 e. The molecule has 47 heavy (non-hydrogen) atoms. The van der Waals surface area contributed by atoms with Gasteiger partial charge in [-0.1, -0.05) is 48.5 Å². The van der Waals surface area contributed by atoms with Crippen molar-refractivity contribution in [1.29, 1.82) is 0 Å². The highest BCUT2D eigenvalue weighted by atomic mass is 32.2. The summed E-state index contributed by atoms with van der Waals surface area (Å²) in [5.74, 6) is -1.76. The highest BCUT2D eigenvalue weighted by molar-refractivity contribution is 7.88. The standard InChI is InChI=1S/C22H23FN4O3S.C11H7FN2O2/c1-15(2)27-31(29,30)14-17-6-3-5-16(9-17)11-26-22(28)19-12-24-21(25-13-19)18-7-4-8-20(23)10-18;12-9-3-1-2-7(4-9)10-13-5-8(6-14-10)11(15)16/h3-10,12-13,15,27H,11,14H2,1-2H3,(H,26,28);1-6H,(H,15,16). The molecule has 0 spiro atoms. The number of benzene rings is 3. The fourth-order valence-corrected chi connectivity index (χ4v) is 5.59. The largest absolute Gasteiger partial charge is 0.478 e. The highest BCUT2D eigenvalue weighted by Gasteiger charge is 2.14. The van der Waals surface area contributed by atoms with Crippen LogP contribution in [0.25, 0.3) is 22.8 Å². The van der Waals surface area contributed by atoms with Crippen LogP contribution in [0.1, 0.15) is 45.7 Å². The second-order valence-corrected chi connectivity index (χ2v) is 12.2. The number of hydrogen-bond acceptors (Lipinski definition) is 8. The Hall–Kier alpha value is -5.47. The summed E-state index contributed by atoms with van der Waals surface area (Å²) in [6, 6.07) is 18.5. The average Bonchev–Trinajstić information content (AvgIpc) is 3.03. The van der Waals surface area contributed by atoms with Crippen molar-refractivity contribution in [3.63, 3.8) is 0 Å². The van der Waals surface area contributed by atoms with Crippen LogP contribution in [0.15, 0.2) is 97.6 Å². The number of carboxylic acids is 1. The first kappa shape index (κ1) is 34.4. The molecular formula is C33H30F2N6O5S. The zero-order valence-corrected chi connectivity index (χ0v) is 26.1. The third-order valence-electron chi connectivity index (χ3n) is 6.19. The van der Waals surface area contributed by atoms with Crippen molar-refractivity contribution in [3.8, 4) is 22.8 Å². The molecule has 14 heteroatoms. The minimum atomic E-state index is -3.43. The zero-order valence-electron chi connectivity index (χ0n) is 25.3. The van der Waals surface area contributed by atoms with Gasteiger partial charge >= 0.3 is 5.97 Å². The van der Waals surface area contributed by atoms with Crippen LogP contribution < -0.4 is 10.0 Å². The quantitative estimate of drug-likeness (QED) is 0.187. The molecule has 0 aliphatic rings. The van der Waals surface area contributed by atoms with E-state index in [1.165, 1.54) is 49.1 Å². The summed E-state index contributed by atoms with van der Waals surface area (Å²) >= 11 is 0. The molecule has 0 aliphatic carbocycles. The molecule has 0 saturated heterocycles. The third-order valence-corrected chi connectivity index (χ3v) is 7.74. The molecule has 0 radical (unpaired) electrons. The van der Waals surface area contributed by atoms with Crippen LogP contribution in [0.2, 0.25) is 0 Å². The molecule has 11 nitrogen and oxygen atoms in total. The van der Waals surface area contributed by atoms with Crippen molar-refractivity contribution < 1.29 is 31.9 Å². The predicted molar refractivity (Wildman–Crippen MR) is 170 cm³/mol. The lowest BCUT2D eigenvalue weighted by molar-refractivity contribution is 0.0695. The number of aromatic carboxylic acids is 1. The SMILES string of the molecule is CC(C)NS(=O)(=O)Cc1cccc(CNC(=O)c2cnc(-c3cccc(F)c3)nc2)c1.O=C(O)c1cnc(-c2cccc(F)c2)nc1. The van der Waals surface area contributed by atoms with Gasteiger partial charge < -0.3 is 10.4 Å². The lowest BCUT2D eigenvalue weighted by Crippen LogP contribution is -2.31.